The first-order valence-corrected chi connectivity index (χ1v) is 4.68. The number of nitrogens with one attached hydrogen (secondary N) is 1. The zero-order chi connectivity index (χ0) is 8.39. The molecule has 72 valence electrons. The summed E-state index contributed by atoms with van der Waals surface area (Å²) in [5.74, 6) is 0.803. The van der Waals surface area contributed by atoms with Crippen molar-refractivity contribution in [3.8, 4) is 0 Å². The highest BCUT2D eigenvalue weighted by Crippen LogP contribution is 2.22. The number of anilines is 1. The maximum Gasteiger partial charge on any atom is 0.0372 e. The highest BCUT2D eigenvalue weighted by molar-refractivity contribution is 5.85. The summed E-state index contributed by atoms with van der Waals surface area (Å²) in [6.07, 6.45) is 2.54. The van der Waals surface area contributed by atoms with Crippen molar-refractivity contribution < 1.29 is 0 Å². The summed E-state index contributed by atoms with van der Waals surface area (Å²) >= 11 is 0. The average molecular weight is 198 g/mol. The van der Waals surface area contributed by atoms with Crippen molar-refractivity contribution in [1.82, 2.24) is 0 Å². The molecule has 1 aliphatic rings. The van der Waals surface area contributed by atoms with Crippen molar-refractivity contribution in [2.75, 3.05) is 11.9 Å². The third kappa shape index (κ3) is 2.38. The summed E-state index contributed by atoms with van der Waals surface area (Å²) in [5, 5.41) is 3.47. The Kier molecular flexibility index (Phi) is 3.61. The largest absolute Gasteiger partial charge is 0.385 e. The van der Waals surface area contributed by atoms with Gasteiger partial charge in [0.2, 0.25) is 0 Å². The van der Waals surface area contributed by atoms with E-state index >= 15 is 0 Å². The number of hydrogen-bond acceptors (Lipinski definition) is 1. The highest BCUT2D eigenvalue weighted by Gasteiger charge is 2.10. The first-order valence-electron chi connectivity index (χ1n) is 4.68. The Labute approximate surface area is 86.0 Å². The van der Waals surface area contributed by atoms with Gasteiger partial charge in [-0.2, -0.15) is 0 Å². The average Bonchev–Trinajstić information content (AvgIpc) is 2.29. The summed E-state index contributed by atoms with van der Waals surface area (Å²) < 4.78 is 0. The Balaban J connectivity index is 0.000000845. The molecule has 0 radical (unpaired) electrons. The topological polar surface area (TPSA) is 12.0 Å². The van der Waals surface area contributed by atoms with Crippen LogP contribution < -0.4 is 5.32 Å². The van der Waals surface area contributed by atoms with E-state index in [2.05, 4.69) is 36.5 Å². The van der Waals surface area contributed by atoms with Gasteiger partial charge in [-0.15, -0.1) is 12.4 Å². The van der Waals surface area contributed by atoms with E-state index in [1.165, 1.54) is 24.1 Å². The first kappa shape index (κ1) is 10.4. The Bertz CT molecular complexity index is 246. The second-order valence-corrected chi connectivity index (χ2v) is 3.68. The molecule has 0 saturated heterocycles. The molecule has 0 bridgehead atoms. The summed E-state index contributed by atoms with van der Waals surface area (Å²) in [4.78, 5) is 0. The molecule has 0 saturated carbocycles. The SMILES string of the molecule is CC1CCc2ccccc2NC1.Cl. The van der Waals surface area contributed by atoms with Crippen molar-refractivity contribution in [1.29, 1.82) is 0 Å². The minimum absolute atomic E-state index is 0. The van der Waals surface area contributed by atoms with Crippen molar-refractivity contribution in [2.45, 2.75) is 19.8 Å². The van der Waals surface area contributed by atoms with Crippen molar-refractivity contribution >= 4 is 18.1 Å². The molecule has 2 rings (SSSR count). The van der Waals surface area contributed by atoms with Crippen LogP contribution in [0.2, 0.25) is 0 Å². The third-order valence-electron chi connectivity index (χ3n) is 2.56. The van der Waals surface area contributed by atoms with E-state index in [9.17, 15) is 0 Å². The molecule has 1 nitrogen and oxygen atoms in total. The van der Waals surface area contributed by atoms with Crippen LogP contribution in [0.25, 0.3) is 0 Å². The molecule has 13 heavy (non-hydrogen) atoms. The number of para-hydroxylation sites is 1. The highest BCUT2D eigenvalue weighted by atomic mass is 35.5. The molecule has 1 aromatic rings. The van der Waals surface area contributed by atoms with Gasteiger partial charge < -0.3 is 5.32 Å². The van der Waals surface area contributed by atoms with Gasteiger partial charge in [0.05, 0.1) is 0 Å². The summed E-state index contributed by atoms with van der Waals surface area (Å²) in [5.41, 5.74) is 2.81. The fourth-order valence-electron chi connectivity index (χ4n) is 1.70. The minimum atomic E-state index is 0. The maximum absolute atomic E-state index is 3.47. The van der Waals surface area contributed by atoms with E-state index in [0.717, 1.165) is 12.5 Å². The lowest BCUT2D eigenvalue weighted by Crippen LogP contribution is -2.08. The third-order valence-corrected chi connectivity index (χ3v) is 2.56. The molecule has 1 unspecified atom stereocenters. The maximum atomic E-state index is 3.47. The fourth-order valence-corrected chi connectivity index (χ4v) is 1.70. The Hall–Kier alpha value is -0.690. The van der Waals surface area contributed by atoms with Gasteiger partial charge >= 0.3 is 0 Å². The van der Waals surface area contributed by atoms with Crippen molar-refractivity contribution in [2.24, 2.45) is 5.92 Å². The summed E-state index contributed by atoms with van der Waals surface area (Å²) in [6, 6.07) is 8.62. The smallest absolute Gasteiger partial charge is 0.0372 e. The van der Waals surface area contributed by atoms with Crippen LogP contribution in [0.4, 0.5) is 5.69 Å². The van der Waals surface area contributed by atoms with Crippen LogP contribution >= 0.6 is 12.4 Å². The standard InChI is InChI=1S/C11H15N.ClH/c1-9-6-7-10-4-2-3-5-11(10)12-8-9;/h2-5,9,12H,6-8H2,1H3;1H. The van der Waals surface area contributed by atoms with Gasteiger partial charge in [-0.25, -0.2) is 0 Å². The number of halogens is 1. The number of rotatable bonds is 0. The lowest BCUT2D eigenvalue weighted by Gasteiger charge is -2.07. The number of benzene rings is 1. The molecule has 0 amide bonds. The van der Waals surface area contributed by atoms with Gasteiger partial charge in [-0.3, -0.25) is 0 Å². The van der Waals surface area contributed by atoms with E-state index in [0.29, 0.717) is 0 Å². The van der Waals surface area contributed by atoms with Crippen LogP contribution in [0, 0.1) is 5.92 Å². The molecule has 1 atom stereocenters. The molecule has 1 N–H and O–H groups in total. The molecular formula is C11H16ClN. The molecule has 0 fully saturated rings. The Morgan fingerprint density at radius 2 is 2.08 bits per heavy atom. The molecule has 0 spiro atoms. The lowest BCUT2D eigenvalue weighted by atomic mass is 10.0. The van der Waals surface area contributed by atoms with Crippen LogP contribution in [-0.2, 0) is 6.42 Å². The molecular weight excluding hydrogens is 182 g/mol. The number of fused-ring (bicyclic) bond motifs is 1. The number of hydrogen-bond donors (Lipinski definition) is 1. The predicted octanol–water partition coefficient (Wildman–Crippen LogP) is 3.10. The molecule has 0 aromatic heterocycles. The van der Waals surface area contributed by atoms with E-state index in [1.54, 1.807) is 0 Å². The van der Waals surface area contributed by atoms with Crippen molar-refractivity contribution in [3.05, 3.63) is 29.8 Å². The van der Waals surface area contributed by atoms with Gasteiger partial charge in [0.25, 0.3) is 0 Å². The van der Waals surface area contributed by atoms with Crippen LogP contribution in [0.1, 0.15) is 18.9 Å². The number of aryl methyl sites for hydroxylation is 1. The van der Waals surface area contributed by atoms with Crippen LogP contribution in [0.15, 0.2) is 24.3 Å². The van der Waals surface area contributed by atoms with E-state index in [1.807, 2.05) is 0 Å². The Morgan fingerprint density at radius 1 is 1.31 bits per heavy atom. The van der Waals surface area contributed by atoms with E-state index in [4.69, 9.17) is 0 Å². The summed E-state index contributed by atoms with van der Waals surface area (Å²) in [7, 11) is 0. The zero-order valence-electron chi connectivity index (χ0n) is 7.92. The molecule has 0 aliphatic carbocycles. The summed E-state index contributed by atoms with van der Waals surface area (Å²) in [6.45, 7) is 3.43. The van der Waals surface area contributed by atoms with Gasteiger partial charge in [0, 0.05) is 12.2 Å². The van der Waals surface area contributed by atoms with Crippen LogP contribution in [0.5, 0.6) is 0 Å². The monoisotopic (exact) mass is 197 g/mol. The molecule has 1 aromatic carbocycles. The van der Waals surface area contributed by atoms with Crippen molar-refractivity contribution in [3.63, 3.8) is 0 Å². The Morgan fingerprint density at radius 3 is 2.92 bits per heavy atom. The normalized spacial score (nSPS) is 20.5. The van der Waals surface area contributed by atoms with Gasteiger partial charge in [-0.1, -0.05) is 25.1 Å². The predicted molar refractivity (Wildman–Crippen MR) is 59.7 cm³/mol. The second kappa shape index (κ2) is 4.52. The lowest BCUT2D eigenvalue weighted by molar-refractivity contribution is 0.571. The van der Waals surface area contributed by atoms with E-state index in [-0.39, 0.29) is 12.4 Å². The van der Waals surface area contributed by atoms with Crippen LogP contribution in [-0.4, -0.2) is 6.54 Å². The molecule has 1 aliphatic heterocycles. The molecule has 2 heteroatoms. The molecule has 1 heterocycles. The van der Waals surface area contributed by atoms with Gasteiger partial charge in [0.15, 0.2) is 0 Å². The minimum Gasteiger partial charge on any atom is -0.385 e. The second-order valence-electron chi connectivity index (χ2n) is 3.68. The fraction of sp³-hybridized carbons (Fsp3) is 0.455. The zero-order valence-corrected chi connectivity index (χ0v) is 8.73. The van der Waals surface area contributed by atoms with Gasteiger partial charge in [-0.05, 0) is 30.4 Å². The first-order chi connectivity index (χ1) is 5.86. The van der Waals surface area contributed by atoms with E-state index < -0.39 is 0 Å². The quantitative estimate of drug-likeness (QED) is 0.674. The van der Waals surface area contributed by atoms with Crippen LogP contribution in [0.3, 0.4) is 0 Å². The van der Waals surface area contributed by atoms with Gasteiger partial charge in [0.1, 0.15) is 0 Å².